The Bertz CT molecular complexity index is 1300. The number of carbonyl (C=O) groups excluding carboxylic acids is 1. The van der Waals surface area contributed by atoms with Gasteiger partial charge in [0, 0.05) is 6.21 Å². The second-order valence-corrected chi connectivity index (χ2v) is 6.92. The van der Waals surface area contributed by atoms with Crippen LogP contribution in [0.1, 0.15) is 21.5 Å². The van der Waals surface area contributed by atoms with Crippen molar-refractivity contribution in [1.82, 2.24) is 9.55 Å². The lowest BCUT2D eigenvalue weighted by Crippen LogP contribution is -2.18. The Morgan fingerprint density at radius 1 is 1.37 bits per heavy atom. The summed E-state index contributed by atoms with van der Waals surface area (Å²) in [6.45, 7) is 1.68. The molecule has 0 bridgehead atoms. The molecule has 2 aromatic carbocycles. The van der Waals surface area contributed by atoms with E-state index in [4.69, 9.17) is 28.6 Å². The molecule has 30 heavy (non-hydrogen) atoms. The van der Waals surface area contributed by atoms with Crippen molar-refractivity contribution in [3.8, 4) is 11.6 Å². The molecule has 0 fully saturated rings. The molecular formula is C20H15ClFN3O4S. The van der Waals surface area contributed by atoms with Crippen LogP contribution >= 0.6 is 23.8 Å². The van der Waals surface area contributed by atoms with Gasteiger partial charge in [0.05, 0.1) is 29.1 Å². The van der Waals surface area contributed by atoms with E-state index < -0.39 is 23.2 Å². The van der Waals surface area contributed by atoms with Gasteiger partial charge in [-0.25, -0.2) is 9.18 Å². The number of aromatic hydroxyl groups is 1. The minimum absolute atomic E-state index is 0.110. The number of hydrogen-bond acceptors (Lipinski definition) is 6. The van der Waals surface area contributed by atoms with E-state index in [1.54, 1.807) is 25.1 Å². The Labute approximate surface area is 180 Å². The lowest BCUT2D eigenvalue weighted by Gasteiger charge is -2.12. The highest BCUT2D eigenvalue weighted by molar-refractivity contribution is 7.71. The van der Waals surface area contributed by atoms with Crippen LogP contribution in [0.5, 0.6) is 5.88 Å². The van der Waals surface area contributed by atoms with Crippen LogP contribution in [0.2, 0.25) is 5.02 Å². The van der Waals surface area contributed by atoms with E-state index in [2.05, 4.69) is 9.98 Å². The summed E-state index contributed by atoms with van der Waals surface area (Å²) in [5, 5.41) is 10.5. The summed E-state index contributed by atoms with van der Waals surface area (Å²) in [6, 6.07) is 8.56. The number of H-pyrrole nitrogens is 1. The first-order valence-corrected chi connectivity index (χ1v) is 9.29. The molecule has 1 aromatic heterocycles. The summed E-state index contributed by atoms with van der Waals surface area (Å²) >= 11 is 10.9. The maximum absolute atomic E-state index is 13.5. The number of ether oxygens (including phenoxy) is 1. The van der Waals surface area contributed by atoms with Gasteiger partial charge in [0.15, 0.2) is 4.77 Å². The first-order chi connectivity index (χ1) is 14.2. The highest BCUT2D eigenvalue weighted by Gasteiger charge is 2.15. The molecule has 0 atom stereocenters. The Morgan fingerprint density at radius 2 is 2.10 bits per heavy atom. The van der Waals surface area contributed by atoms with Crippen molar-refractivity contribution < 1.29 is 19.0 Å². The number of benzene rings is 2. The normalized spacial score (nSPS) is 11.1. The average Bonchev–Trinajstić information content (AvgIpc) is 2.70. The Balaban J connectivity index is 2.12. The predicted octanol–water partition coefficient (Wildman–Crippen LogP) is 4.24. The van der Waals surface area contributed by atoms with Gasteiger partial charge >= 0.3 is 5.97 Å². The largest absolute Gasteiger partial charge is 0.494 e. The van der Waals surface area contributed by atoms with Crippen molar-refractivity contribution >= 4 is 41.7 Å². The fraction of sp³-hybridized carbons (Fsp3) is 0.100. The quantitative estimate of drug-likeness (QED) is 0.354. The SMILES string of the molecule is COC(=O)c1cccc(N=Cc2c(O)n(-c3ccc(F)c(Cl)c3)c(=S)[nH]c2=O)c1C. The number of methoxy groups -OCH3 is 1. The van der Waals surface area contributed by atoms with Crippen molar-refractivity contribution in [1.29, 1.82) is 0 Å². The number of esters is 1. The summed E-state index contributed by atoms with van der Waals surface area (Å²) < 4.78 is 19.2. The van der Waals surface area contributed by atoms with Crippen molar-refractivity contribution in [2.24, 2.45) is 4.99 Å². The molecule has 10 heteroatoms. The molecule has 2 N–H and O–H groups in total. The molecule has 0 saturated heterocycles. The van der Waals surface area contributed by atoms with Crippen molar-refractivity contribution in [3.05, 3.63) is 79.1 Å². The monoisotopic (exact) mass is 447 g/mol. The zero-order valence-electron chi connectivity index (χ0n) is 15.8. The third-order valence-electron chi connectivity index (χ3n) is 4.33. The number of nitrogens with zero attached hydrogens (tertiary/aromatic N) is 2. The van der Waals surface area contributed by atoms with Crippen LogP contribution in [0, 0.1) is 17.5 Å². The van der Waals surface area contributed by atoms with Crippen LogP contribution < -0.4 is 5.56 Å². The minimum Gasteiger partial charge on any atom is -0.494 e. The van der Waals surface area contributed by atoms with Gasteiger partial charge in [0.25, 0.3) is 5.56 Å². The molecule has 0 saturated carbocycles. The van der Waals surface area contributed by atoms with Gasteiger partial charge in [-0.3, -0.25) is 19.3 Å². The van der Waals surface area contributed by atoms with Crippen LogP contribution in [-0.4, -0.2) is 34.0 Å². The minimum atomic E-state index is -0.674. The highest BCUT2D eigenvalue weighted by atomic mass is 35.5. The molecular weight excluding hydrogens is 433 g/mol. The third-order valence-corrected chi connectivity index (χ3v) is 4.90. The fourth-order valence-electron chi connectivity index (χ4n) is 2.75. The number of carbonyl (C=O) groups is 1. The standard InChI is InChI=1S/C20H15ClFN3O4S/c1-10-12(19(28)29-2)4-3-5-16(10)23-9-13-17(26)24-20(30)25(18(13)27)11-6-7-15(22)14(21)8-11/h3-9,27H,1-2H3,(H,24,26,30). The smallest absolute Gasteiger partial charge is 0.338 e. The summed E-state index contributed by atoms with van der Waals surface area (Å²) in [5.41, 5.74) is 0.644. The number of aliphatic imine (C=N–C) groups is 1. The van der Waals surface area contributed by atoms with Gasteiger partial charge in [-0.15, -0.1) is 0 Å². The van der Waals surface area contributed by atoms with Crippen LogP contribution in [0.15, 0.2) is 46.2 Å². The number of aromatic amines is 1. The van der Waals surface area contributed by atoms with Crippen molar-refractivity contribution in [2.75, 3.05) is 7.11 Å². The van der Waals surface area contributed by atoms with Gasteiger partial charge < -0.3 is 9.84 Å². The molecule has 0 aliphatic carbocycles. The Hall–Kier alpha value is -3.30. The van der Waals surface area contributed by atoms with E-state index in [9.17, 15) is 19.1 Å². The van der Waals surface area contributed by atoms with Gasteiger partial charge in [-0.05, 0) is 55.0 Å². The van der Waals surface area contributed by atoms with E-state index >= 15 is 0 Å². The Kier molecular flexibility index (Phi) is 6.14. The molecule has 0 radical (unpaired) electrons. The van der Waals surface area contributed by atoms with Crippen LogP contribution in [-0.2, 0) is 4.74 Å². The molecule has 0 amide bonds. The number of aromatic nitrogens is 2. The van der Waals surface area contributed by atoms with Crippen LogP contribution in [0.25, 0.3) is 5.69 Å². The molecule has 1 heterocycles. The second-order valence-electron chi connectivity index (χ2n) is 6.13. The topological polar surface area (TPSA) is 96.7 Å². The maximum atomic E-state index is 13.5. The summed E-state index contributed by atoms with van der Waals surface area (Å²) in [4.78, 5) is 30.8. The first-order valence-electron chi connectivity index (χ1n) is 8.50. The van der Waals surface area contributed by atoms with Gasteiger partial charge in [0.2, 0.25) is 5.88 Å². The number of rotatable bonds is 4. The van der Waals surface area contributed by atoms with E-state index in [1.165, 1.54) is 19.2 Å². The number of hydrogen-bond donors (Lipinski definition) is 2. The van der Waals surface area contributed by atoms with Gasteiger partial charge in [0.1, 0.15) is 11.4 Å². The lowest BCUT2D eigenvalue weighted by molar-refractivity contribution is 0.0600. The first kappa shape index (κ1) is 21.4. The van der Waals surface area contributed by atoms with E-state index in [0.717, 1.165) is 16.8 Å². The predicted molar refractivity (Wildman–Crippen MR) is 114 cm³/mol. The van der Waals surface area contributed by atoms with Gasteiger partial charge in [-0.2, -0.15) is 0 Å². The molecule has 7 nitrogen and oxygen atoms in total. The highest BCUT2D eigenvalue weighted by Crippen LogP contribution is 2.25. The van der Waals surface area contributed by atoms with Crippen molar-refractivity contribution in [3.63, 3.8) is 0 Å². The molecule has 3 rings (SSSR count). The molecule has 0 aliphatic rings. The van der Waals surface area contributed by atoms with Crippen LogP contribution in [0.4, 0.5) is 10.1 Å². The van der Waals surface area contributed by atoms with E-state index in [-0.39, 0.29) is 21.0 Å². The number of halogens is 2. The summed E-state index contributed by atoms with van der Waals surface area (Å²) in [7, 11) is 1.27. The molecule has 0 unspecified atom stereocenters. The Morgan fingerprint density at radius 3 is 2.77 bits per heavy atom. The number of nitrogens with one attached hydrogen (secondary N) is 1. The average molecular weight is 448 g/mol. The molecule has 3 aromatic rings. The zero-order valence-corrected chi connectivity index (χ0v) is 17.3. The maximum Gasteiger partial charge on any atom is 0.338 e. The lowest BCUT2D eigenvalue weighted by atomic mass is 10.1. The fourth-order valence-corrected chi connectivity index (χ4v) is 3.21. The van der Waals surface area contributed by atoms with Crippen LogP contribution in [0.3, 0.4) is 0 Å². The van der Waals surface area contributed by atoms with Gasteiger partial charge in [-0.1, -0.05) is 17.7 Å². The van der Waals surface area contributed by atoms with Crippen molar-refractivity contribution in [2.45, 2.75) is 6.92 Å². The zero-order chi connectivity index (χ0) is 22.0. The third kappa shape index (κ3) is 4.03. The molecule has 154 valence electrons. The molecule has 0 spiro atoms. The molecule has 0 aliphatic heterocycles. The summed E-state index contributed by atoms with van der Waals surface area (Å²) in [6.07, 6.45) is 1.15. The summed E-state index contributed by atoms with van der Waals surface area (Å²) in [5.74, 6) is -1.66. The second kappa shape index (κ2) is 8.60. The van der Waals surface area contributed by atoms with E-state index in [1.807, 2.05) is 0 Å². The van der Waals surface area contributed by atoms with E-state index in [0.29, 0.717) is 16.8 Å².